The maximum absolute atomic E-state index is 5.87. The second-order valence-electron chi connectivity index (χ2n) is 4.53. The quantitative estimate of drug-likeness (QED) is 0.840. The van der Waals surface area contributed by atoms with Gasteiger partial charge in [0.05, 0.1) is 16.4 Å². The lowest BCUT2D eigenvalue weighted by Gasteiger charge is -2.32. The zero-order valence-corrected chi connectivity index (χ0v) is 12.0. The Morgan fingerprint density at radius 2 is 2.24 bits per heavy atom. The van der Waals surface area contributed by atoms with Crippen molar-refractivity contribution in [2.24, 2.45) is 11.7 Å². The third kappa shape index (κ3) is 3.33. The number of halogens is 2. The molecule has 1 fully saturated rings. The summed E-state index contributed by atoms with van der Waals surface area (Å²) in [5, 5.41) is 4.01. The van der Waals surface area contributed by atoms with E-state index in [4.69, 9.17) is 17.3 Å². The molecule has 0 radical (unpaired) electrons. The molecule has 2 atom stereocenters. The van der Waals surface area contributed by atoms with Crippen molar-refractivity contribution in [2.75, 3.05) is 11.9 Å². The normalized spacial score (nSPS) is 24.6. The van der Waals surface area contributed by atoms with Gasteiger partial charge < -0.3 is 11.1 Å². The van der Waals surface area contributed by atoms with E-state index >= 15 is 0 Å². The van der Waals surface area contributed by atoms with E-state index < -0.39 is 0 Å². The zero-order valence-electron chi connectivity index (χ0n) is 9.63. The summed E-state index contributed by atoms with van der Waals surface area (Å²) in [7, 11) is 0. The molecule has 3 N–H and O–H groups in total. The number of nitrogens with two attached hydrogens (primary N) is 1. The Hall–Kier alpha value is -0.320. The van der Waals surface area contributed by atoms with Crippen LogP contribution in [0.4, 0.5) is 5.69 Å². The molecular weight excluding hydrogens is 302 g/mol. The molecule has 0 aliphatic heterocycles. The Balaban J connectivity index is 2.05. The highest BCUT2D eigenvalue weighted by atomic mass is 79.9. The Bertz CT molecular complexity index is 386. The van der Waals surface area contributed by atoms with E-state index in [2.05, 4.69) is 26.2 Å². The molecule has 0 amide bonds. The summed E-state index contributed by atoms with van der Waals surface area (Å²) in [5.41, 5.74) is 6.82. The van der Waals surface area contributed by atoms with Crippen LogP contribution < -0.4 is 11.1 Å². The van der Waals surface area contributed by atoms with Gasteiger partial charge in [-0.1, -0.05) is 24.4 Å². The molecule has 1 heterocycles. The van der Waals surface area contributed by atoms with Crippen molar-refractivity contribution in [3.05, 3.63) is 21.9 Å². The van der Waals surface area contributed by atoms with Crippen LogP contribution in [0, 0.1) is 5.92 Å². The predicted molar refractivity (Wildman–Crippen MR) is 75.4 cm³/mol. The van der Waals surface area contributed by atoms with Gasteiger partial charge >= 0.3 is 0 Å². The smallest absolute Gasteiger partial charge is 0.143 e. The number of anilines is 1. The fraction of sp³-hybridized carbons (Fsp3) is 0.583. The molecule has 2 rings (SSSR count). The van der Waals surface area contributed by atoms with E-state index in [1.54, 1.807) is 6.20 Å². The number of hydrogen-bond acceptors (Lipinski definition) is 3. The van der Waals surface area contributed by atoms with Crippen LogP contribution in [0.1, 0.15) is 25.7 Å². The Labute approximate surface area is 115 Å². The monoisotopic (exact) mass is 317 g/mol. The lowest BCUT2D eigenvalue weighted by molar-refractivity contribution is 0.332. The summed E-state index contributed by atoms with van der Waals surface area (Å²) in [4.78, 5) is 4.12. The van der Waals surface area contributed by atoms with Crippen LogP contribution >= 0.6 is 27.5 Å². The molecule has 1 aliphatic rings. The van der Waals surface area contributed by atoms with Crippen molar-refractivity contribution < 1.29 is 0 Å². The van der Waals surface area contributed by atoms with Gasteiger partial charge in [-0.15, -0.1) is 0 Å². The molecular formula is C12H17BrClN3. The van der Waals surface area contributed by atoms with E-state index in [1.807, 2.05) is 6.07 Å². The van der Waals surface area contributed by atoms with Gasteiger partial charge in [0.2, 0.25) is 0 Å². The van der Waals surface area contributed by atoms with Crippen LogP contribution in [-0.4, -0.2) is 17.6 Å². The van der Waals surface area contributed by atoms with Crippen molar-refractivity contribution in [3.8, 4) is 0 Å². The summed E-state index contributed by atoms with van der Waals surface area (Å²) in [6, 6.07) is 2.43. The predicted octanol–water partition coefficient (Wildman–Crippen LogP) is 3.43. The highest BCUT2D eigenvalue weighted by Gasteiger charge is 2.23. The molecule has 0 aromatic carbocycles. The first-order valence-corrected chi connectivity index (χ1v) is 7.15. The minimum Gasteiger partial charge on any atom is -0.381 e. The minimum absolute atomic E-state index is 0.462. The number of aromatic nitrogens is 1. The molecule has 3 nitrogen and oxygen atoms in total. The van der Waals surface area contributed by atoms with Gasteiger partial charge in [-0.05, 0) is 47.3 Å². The van der Waals surface area contributed by atoms with Crippen molar-refractivity contribution in [3.63, 3.8) is 0 Å². The maximum Gasteiger partial charge on any atom is 0.143 e. The number of rotatable bonds is 3. The van der Waals surface area contributed by atoms with E-state index in [0.717, 1.165) is 16.7 Å². The van der Waals surface area contributed by atoms with Crippen molar-refractivity contribution in [1.82, 2.24) is 4.98 Å². The molecule has 1 saturated carbocycles. The van der Waals surface area contributed by atoms with E-state index in [-0.39, 0.29) is 0 Å². The molecule has 0 bridgehead atoms. The van der Waals surface area contributed by atoms with E-state index in [9.17, 15) is 0 Å². The first-order valence-electron chi connectivity index (χ1n) is 5.98. The highest BCUT2D eigenvalue weighted by Crippen LogP contribution is 2.28. The molecule has 94 valence electrons. The van der Waals surface area contributed by atoms with Gasteiger partial charge in [0.1, 0.15) is 5.15 Å². The highest BCUT2D eigenvalue weighted by molar-refractivity contribution is 9.10. The van der Waals surface area contributed by atoms with Crippen LogP contribution in [0.15, 0.2) is 16.7 Å². The molecule has 2 unspecified atom stereocenters. The molecule has 17 heavy (non-hydrogen) atoms. The molecule has 5 heteroatoms. The molecule has 1 aliphatic carbocycles. The van der Waals surface area contributed by atoms with Crippen LogP contribution in [0.3, 0.4) is 0 Å². The Morgan fingerprint density at radius 1 is 1.47 bits per heavy atom. The first-order chi connectivity index (χ1) is 8.20. The zero-order chi connectivity index (χ0) is 12.3. The van der Waals surface area contributed by atoms with Gasteiger partial charge in [0.25, 0.3) is 0 Å². The number of nitrogens with one attached hydrogen (secondary N) is 1. The molecule has 1 aromatic heterocycles. The fourth-order valence-electron chi connectivity index (χ4n) is 2.39. The lowest BCUT2D eigenvalue weighted by atomic mass is 9.84. The topological polar surface area (TPSA) is 50.9 Å². The average molecular weight is 319 g/mol. The molecule has 0 saturated heterocycles. The summed E-state index contributed by atoms with van der Waals surface area (Å²) >= 11 is 9.26. The minimum atomic E-state index is 0.462. The number of hydrogen-bond donors (Lipinski definition) is 2. The van der Waals surface area contributed by atoms with Gasteiger partial charge in [0, 0.05) is 6.04 Å². The van der Waals surface area contributed by atoms with Gasteiger partial charge in [-0.25, -0.2) is 4.98 Å². The third-order valence-corrected chi connectivity index (χ3v) is 4.49. The summed E-state index contributed by atoms with van der Waals surface area (Å²) in [6.07, 6.45) is 6.74. The lowest BCUT2D eigenvalue weighted by Crippen LogP contribution is -2.36. The molecule has 1 aromatic rings. The van der Waals surface area contributed by atoms with E-state index in [0.29, 0.717) is 17.1 Å². The maximum atomic E-state index is 5.87. The largest absolute Gasteiger partial charge is 0.381 e. The molecule has 0 spiro atoms. The van der Waals surface area contributed by atoms with Crippen molar-refractivity contribution in [2.45, 2.75) is 31.7 Å². The van der Waals surface area contributed by atoms with Crippen LogP contribution in [0.25, 0.3) is 0 Å². The fourth-order valence-corrected chi connectivity index (χ4v) is 2.85. The number of nitrogens with zero attached hydrogens (tertiary/aromatic N) is 1. The standard InChI is InChI=1S/C12H17BrClN3/c13-10-5-9(7-16-12(10)14)17-11-4-2-1-3-8(11)6-15/h5,7-8,11,17H,1-4,6,15H2. The average Bonchev–Trinajstić information content (AvgIpc) is 2.34. The van der Waals surface area contributed by atoms with Crippen molar-refractivity contribution in [1.29, 1.82) is 0 Å². The summed E-state index contributed by atoms with van der Waals surface area (Å²) in [5.74, 6) is 0.568. The van der Waals surface area contributed by atoms with Gasteiger partial charge in [-0.2, -0.15) is 0 Å². The van der Waals surface area contributed by atoms with Crippen LogP contribution in [-0.2, 0) is 0 Å². The van der Waals surface area contributed by atoms with Gasteiger partial charge in [-0.3, -0.25) is 0 Å². The van der Waals surface area contributed by atoms with Crippen LogP contribution in [0.5, 0.6) is 0 Å². The second kappa shape index (κ2) is 6.03. The van der Waals surface area contributed by atoms with Crippen LogP contribution in [0.2, 0.25) is 5.15 Å². The van der Waals surface area contributed by atoms with Crippen molar-refractivity contribution >= 4 is 33.2 Å². The SMILES string of the molecule is NCC1CCCCC1Nc1cnc(Cl)c(Br)c1. The summed E-state index contributed by atoms with van der Waals surface area (Å²) in [6.45, 7) is 0.750. The van der Waals surface area contributed by atoms with E-state index in [1.165, 1.54) is 25.7 Å². The Kier molecular flexibility index (Phi) is 4.65. The Morgan fingerprint density at radius 3 is 2.94 bits per heavy atom. The third-order valence-electron chi connectivity index (χ3n) is 3.36. The first kappa shape index (κ1) is 13.1. The summed E-state index contributed by atoms with van der Waals surface area (Å²) < 4.78 is 0.823. The number of pyridine rings is 1. The van der Waals surface area contributed by atoms with Gasteiger partial charge in [0.15, 0.2) is 0 Å². The second-order valence-corrected chi connectivity index (χ2v) is 5.74.